The number of guanidine groups is 1. The molecule has 1 fully saturated rings. The molecule has 8 heteroatoms. The zero-order valence-electron chi connectivity index (χ0n) is 19.9. The van der Waals surface area contributed by atoms with Gasteiger partial charge in [-0.3, -0.25) is 0 Å². The van der Waals surface area contributed by atoms with Gasteiger partial charge >= 0.3 is 0 Å². The monoisotopic (exact) mass is 575 g/mol. The van der Waals surface area contributed by atoms with Crippen LogP contribution in [-0.2, 0) is 13.0 Å². The van der Waals surface area contributed by atoms with Crippen molar-refractivity contribution in [2.24, 2.45) is 4.99 Å². The van der Waals surface area contributed by atoms with Crippen molar-refractivity contribution < 1.29 is 9.15 Å². The van der Waals surface area contributed by atoms with Crippen LogP contribution in [0.4, 0.5) is 5.82 Å². The maximum atomic E-state index is 5.46. The van der Waals surface area contributed by atoms with E-state index >= 15 is 0 Å². The fraction of sp³-hybridized carbons (Fsp3) is 0.385. The van der Waals surface area contributed by atoms with Gasteiger partial charge in [-0.15, -0.1) is 24.0 Å². The first-order valence-corrected chi connectivity index (χ1v) is 11.6. The second kappa shape index (κ2) is 13.2. The van der Waals surface area contributed by atoms with E-state index in [0.717, 1.165) is 73.4 Å². The Kier molecular flexibility index (Phi) is 10.1. The smallest absolute Gasteiger partial charge is 0.191 e. The summed E-state index contributed by atoms with van der Waals surface area (Å²) >= 11 is 0. The number of aryl methyl sites for hydroxylation is 1. The number of nitrogens with zero attached hydrogens (tertiary/aromatic N) is 3. The molecule has 1 aromatic carbocycles. The van der Waals surface area contributed by atoms with Gasteiger partial charge in [0, 0.05) is 37.8 Å². The van der Waals surface area contributed by atoms with Crippen LogP contribution >= 0.6 is 24.0 Å². The largest absolute Gasteiger partial charge is 0.497 e. The highest BCUT2D eigenvalue weighted by molar-refractivity contribution is 14.0. The van der Waals surface area contributed by atoms with Crippen LogP contribution < -0.4 is 20.3 Å². The van der Waals surface area contributed by atoms with Crippen LogP contribution in [0.25, 0.3) is 0 Å². The number of aliphatic imine (C=N–C) groups is 1. The van der Waals surface area contributed by atoms with Crippen LogP contribution in [-0.4, -0.2) is 43.7 Å². The molecule has 2 aromatic heterocycles. The van der Waals surface area contributed by atoms with E-state index in [1.54, 1.807) is 13.4 Å². The van der Waals surface area contributed by atoms with Crippen molar-refractivity contribution in [2.45, 2.75) is 38.8 Å². The third-order valence-electron chi connectivity index (χ3n) is 5.86. The molecule has 0 bridgehead atoms. The fourth-order valence-electron chi connectivity index (χ4n) is 3.96. The summed E-state index contributed by atoms with van der Waals surface area (Å²) in [4.78, 5) is 11.9. The summed E-state index contributed by atoms with van der Waals surface area (Å²) in [5.74, 6) is 3.73. The number of halogens is 1. The van der Waals surface area contributed by atoms with E-state index in [-0.39, 0.29) is 24.0 Å². The molecule has 0 spiro atoms. The molecule has 1 aliphatic rings. The summed E-state index contributed by atoms with van der Waals surface area (Å²) in [6, 6.07) is 18.5. The van der Waals surface area contributed by atoms with Crippen molar-refractivity contribution in [3.63, 3.8) is 0 Å². The summed E-state index contributed by atoms with van der Waals surface area (Å²) in [7, 11) is 1.68. The van der Waals surface area contributed by atoms with Gasteiger partial charge in [-0.25, -0.2) is 9.98 Å². The van der Waals surface area contributed by atoms with E-state index in [1.807, 2.05) is 37.3 Å². The number of hydrogen-bond acceptors (Lipinski definition) is 5. The predicted octanol–water partition coefficient (Wildman–Crippen LogP) is 4.56. The molecule has 0 atom stereocenters. The van der Waals surface area contributed by atoms with Crippen LogP contribution in [0, 0.1) is 6.92 Å². The number of methoxy groups -OCH3 is 1. The van der Waals surface area contributed by atoms with Gasteiger partial charge in [0.05, 0.1) is 19.9 Å². The Hall–Kier alpha value is -2.75. The molecule has 182 valence electrons. The average molecular weight is 575 g/mol. The first kappa shape index (κ1) is 25.9. The average Bonchev–Trinajstić information content (AvgIpc) is 3.37. The number of pyridine rings is 1. The van der Waals surface area contributed by atoms with E-state index in [4.69, 9.17) is 14.1 Å². The number of piperidine rings is 1. The summed E-state index contributed by atoms with van der Waals surface area (Å²) in [5, 5.41) is 7.13. The molecule has 3 heterocycles. The summed E-state index contributed by atoms with van der Waals surface area (Å²) in [6.45, 7) is 5.36. The molecule has 0 amide bonds. The van der Waals surface area contributed by atoms with Crippen LogP contribution in [0.1, 0.15) is 29.9 Å². The standard InChI is InChI=1S/C26H33N5O2.HI/c1-20-5-3-7-25(29-20)31-16-13-22(14-17-31)30-26(27-15-12-24-6-4-18-33-24)28-19-21-8-10-23(32-2)11-9-21;/h3-11,18,22H,12-17,19H2,1-2H3,(H2,27,28,30);1H. The van der Waals surface area contributed by atoms with Crippen LogP contribution in [0.2, 0.25) is 0 Å². The Morgan fingerprint density at radius 1 is 1.12 bits per heavy atom. The number of hydrogen-bond donors (Lipinski definition) is 2. The molecule has 4 rings (SSSR count). The van der Waals surface area contributed by atoms with Gasteiger partial charge in [0.2, 0.25) is 0 Å². The third-order valence-corrected chi connectivity index (χ3v) is 5.86. The highest BCUT2D eigenvalue weighted by Gasteiger charge is 2.21. The van der Waals surface area contributed by atoms with Gasteiger partial charge in [-0.1, -0.05) is 18.2 Å². The van der Waals surface area contributed by atoms with Gasteiger partial charge in [0.25, 0.3) is 0 Å². The highest BCUT2D eigenvalue weighted by Crippen LogP contribution is 2.18. The molecule has 34 heavy (non-hydrogen) atoms. The fourth-order valence-corrected chi connectivity index (χ4v) is 3.96. The molecule has 0 aliphatic carbocycles. The van der Waals surface area contributed by atoms with Crippen molar-refractivity contribution in [3.8, 4) is 5.75 Å². The lowest BCUT2D eigenvalue weighted by Gasteiger charge is -2.34. The Morgan fingerprint density at radius 3 is 2.59 bits per heavy atom. The van der Waals surface area contributed by atoms with Crippen LogP contribution in [0.15, 0.2) is 70.3 Å². The van der Waals surface area contributed by atoms with Crippen molar-refractivity contribution in [1.29, 1.82) is 0 Å². The summed E-state index contributed by atoms with van der Waals surface area (Å²) in [6.07, 6.45) is 4.60. The molecule has 0 unspecified atom stereocenters. The van der Waals surface area contributed by atoms with Gasteiger partial charge in [0.15, 0.2) is 5.96 Å². The molecule has 1 saturated heterocycles. The van der Waals surface area contributed by atoms with Crippen LogP contribution in [0.3, 0.4) is 0 Å². The molecule has 0 radical (unpaired) electrons. The zero-order chi connectivity index (χ0) is 22.9. The van der Waals surface area contributed by atoms with Gasteiger partial charge in [-0.05, 0) is 61.7 Å². The highest BCUT2D eigenvalue weighted by atomic mass is 127. The lowest BCUT2D eigenvalue weighted by atomic mass is 10.1. The predicted molar refractivity (Wildman–Crippen MR) is 147 cm³/mol. The lowest BCUT2D eigenvalue weighted by Crippen LogP contribution is -2.49. The second-order valence-corrected chi connectivity index (χ2v) is 8.31. The van der Waals surface area contributed by atoms with Crippen molar-refractivity contribution >= 4 is 35.8 Å². The minimum Gasteiger partial charge on any atom is -0.497 e. The number of benzene rings is 1. The molecule has 2 N–H and O–H groups in total. The summed E-state index contributed by atoms with van der Waals surface area (Å²) in [5.41, 5.74) is 2.20. The zero-order valence-corrected chi connectivity index (χ0v) is 22.2. The lowest BCUT2D eigenvalue weighted by molar-refractivity contribution is 0.414. The number of furan rings is 1. The molecule has 1 aliphatic heterocycles. The number of nitrogens with one attached hydrogen (secondary N) is 2. The molecule has 0 saturated carbocycles. The van der Waals surface area contributed by atoms with Crippen LogP contribution in [0.5, 0.6) is 5.75 Å². The van der Waals surface area contributed by atoms with Crippen molar-refractivity contribution in [1.82, 2.24) is 15.6 Å². The third kappa shape index (κ3) is 7.65. The van der Waals surface area contributed by atoms with E-state index in [0.29, 0.717) is 12.6 Å². The number of anilines is 1. The number of ether oxygens (including phenoxy) is 1. The Bertz CT molecular complexity index is 1020. The van der Waals surface area contributed by atoms with Crippen molar-refractivity contribution in [3.05, 3.63) is 77.9 Å². The van der Waals surface area contributed by atoms with Crippen molar-refractivity contribution in [2.75, 3.05) is 31.6 Å². The SMILES string of the molecule is COc1ccc(CN=C(NCCc2ccco2)NC2CCN(c3cccc(C)n3)CC2)cc1.I. The van der Waals surface area contributed by atoms with E-state index in [9.17, 15) is 0 Å². The van der Waals surface area contributed by atoms with Gasteiger partial charge in [-0.2, -0.15) is 0 Å². The first-order chi connectivity index (χ1) is 16.2. The van der Waals surface area contributed by atoms with Gasteiger partial charge in [0.1, 0.15) is 17.3 Å². The maximum absolute atomic E-state index is 5.46. The van der Waals surface area contributed by atoms with E-state index in [1.165, 1.54) is 0 Å². The van der Waals surface area contributed by atoms with E-state index in [2.05, 4.69) is 44.8 Å². The molecule has 3 aromatic rings. The Balaban J connectivity index is 0.00000324. The normalized spacial score (nSPS) is 14.4. The molecular formula is C26H34IN5O2. The topological polar surface area (TPSA) is 74.9 Å². The van der Waals surface area contributed by atoms with E-state index < -0.39 is 0 Å². The minimum absolute atomic E-state index is 0. The molecule has 7 nitrogen and oxygen atoms in total. The number of aromatic nitrogens is 1. The maximum Gasteiger partial charge on any atom is 0.191 e. The van der Waals surface area contributed by atoms with Gasteiger partial charge < -0.3 is 24.7 Å². The molecular weight excluding hydrogens is 541 g/mol. The summed E-state index contributed by atoms with van der Waals surface area (Å²) < 4.78 is 10.7. The second-order valence-electron chi connectivity index (χ2n) is 8.31. The minimum atomic E-state index is 0. The number of rotatable bonds is 8. The first-order valence-electron chi connectivity index (χ1n) is 11.6. The Labute approximate surface area is 219 Å². The quantitative estimate of drug-likeness (QED) is 0.233. The Morgan fingerprint density at radius 2 is 1.91 bits per heavy atom.